The number of hydrogen-bond donors (Lipinski definition) is 3. The third-order valence-corrected chi connectivity index (χ3v) is 6.94. The number of alkyl halides is 15. The van der Waals surface area contributed by atoms with E-state index in [2.05, 4.69) is 9.96 Å². The lowest BCUT2D eigenvalue weighted by atomic mass is 9.90. The van der Waals surface area contributed by atoms with Crippen LogP contribution in [-0.2, 0) is 0 Å². The topological polar surface area (TPSA) is 50.1 Å². The smallest absolute Gasteiger partial charge is 0.327 e. The first-order valence-corrected chi connectivity index (χ1v) is 9.61. The van der Waals surface area contributed by atoms with E-state index in [9.17, 15) is 65.9 Å². The molecular formula is C11H14F15N3Si. The maximum absolute atomic E-state index is 13.6. The van der Waals surface area contributed by atoms with Crippen LogP contribution >= 0.6 is 0 Å². The monoisotopic (exact) mass is 501 g/mol. The fraction of sp³-hybridized carbons (Fsp3) is 1.00. The van der Waals surface area contributed by atoms with E-state index in [0.29, 0.717) is 0 Å². The number of halogens is 15. The molecule has 0 aromatic rings. The summed E-state index contributed by atoms with van der Waals surface area (Å²) in [5.41, 5.74) is 0. The molecule has 0 amide bonds. The van der Waals surface area contributed by atoms with Crippen molar-refractivity contribution in [2.75, 3.05) is 14.1 Å². The zero-order chi connectivity index (χ0) is 24.8. The molecule has 0 heterocycles. The van der Waals surface area contributed by atoms with Crippen molar-refractivity contribution < 1.29 is 65.9 Å². The molecule has 0 spiro atoms. The molecule has 3 nitrogen and oxygen atoms in total. The number of nitrogens with two attached hydrogens (primary N) is 1. The highest BCUT2D eigenvalue weighted by molar-refractivity contribution is 6.71. The Morgan fingerprint density at radius 3 is 1.17 bits per heavy atom. The van der Waals surface area contributed by atoms with Gasteiger partial charge >= 0.3 is 41.7 Å². The standard InChI is InChI=1S/C11H14F15N3Si/c1-28-30(27,29-2)4-3-5(12,13)6(14,15)7(16,17)8(18,19)9(20,21)10(22,23)11(24,25)26/h28-29H,3-4,27H2,1-2H3. The first-order valence-electron chi connectivity index (χ1n) is 7.33. The van der Waals surface area contributed by atoms with Crippen LogP contribution in [0.2, 0.25) is 6.04 Å². The minimum Gasteiger partial charge on any atom is -0.327 e. The van der Waals surface area contributed by atoms with Crippen LogP contribution in [0.1, 0.15) is 6.42 Å². The molecule has 0 aliphatic heterocycles. The van der Waals surface area contributed by atoms with E-state index in [1.54, 1.807) is 0 Å². The summed E-state index contributed by atoms with van der Waals surface area (Å²) in [7, 11) is -1.74. The summed E-state index contributed by atoms with van der Waals surface area (Å²) in [5, 5.41) is 5.37. The van der Waals surface area contributed by atoms with Gasteiger partial charge in [-0.2, -0.15) is 65.9 Å². The van der Waals surface area contributed by atoms with Crippen molar-refractivity contribution in [2.45, 2.75) is 54.2 Å². The van der Waals surface area contributed by atoms with E-state index in [-0.39, 0.29) is 0 Å². The molecule has 182 valence electrons. The molecule has 30 heavy (non-hydrogen) atoms. The quantitative estimate of drug-likeness (QED) is 0.313. The van der Waals surface area contributed by atoms with Crippen molar-refractivity contribution in [1.82, 2.24) is 9.96 Å². The normalized spacial score (nSPS) is 16.2. The minimum absolute atomic E-state index is 1.00. The van der Waals surface area contributed by atoms with Gasteiger partial charge in [0.2, 0.25) is 0 Å². The molecule has 0 aromatic carbocycles. The Morgan fingerprint density at radius 2 is 0.867 bits per heavy atom. The molecule has 0 fully saturated rings. The molecule has 19 heteroatoms. The molecule has 0 aliphatic rings. The van der Waals surface area contributed by atoms with E-state index in [1.165, 1.54) is 0 Å². The maximum atomic E-state index is 13.6. The van der Waals surface area contributed by atoms with E-state index in [1.807, 2.05) is 0 Å². The average molecular weight is 501 g/mol. The fourth-order valence-corrected chi connectivity index (χ4v) is 3.34. The second-order valence-corrected chi connectivity index (χ2v) is 9.49. The summed E-state index contributed by atoms with van der Waals surface area (Å²) in [4.78, 5) is 4.26. The van der Waals surface area contributed by atoms with Crippen molar-refractivity contribution in [2.24, 2.45) is 5.40 Å². The molecule has 4 N–H and O–H groups in total. The lowest BCUT2D eigenvalue weighted by Gasteiger charge is -2.41. The highest BCUT2D eigenvalue weighted by Gasteiger charge is 2.93. The van der Waals surface area contributed by atoms with Crippen molar-refractivity contribution in [3.05, 3.63) is 0 Å². The number of nitrogens with one attached hydrogen (secondary N) is 2. The number of hydrogen-bond acceptors (Lipinski definition) is 3. The lowest BCUT2D eigenvalue weighted by molar-refractivity contribution is -0.452. The minimum atomic E-state index is -8.27. The van der Waals surface area contributed by atoms with E-state index in [0.717, 1.165) is 14.1 Å². The largest absolute Gasteiger partial charge is 0.460 e. The van der Waals surface area contributed by atoms with Crippen molar-refractivity contribution >= 4 is 8.56 Å². The van der Waals surface area contributed by atoms with Gasteiger partial charge in [0.05, 0.1) is 0 Å². The Morgan fingerprint density at radius 1 is 0.567 bits per heavy atom. The summed E-state index contributed by atoms with van der Waals surface area (Å²) in [6.45, 7) is 0. The molecule has 0 aliphatic carbocycles. The van der Waals surface area contributed by atoms with Crippen LogP contribution in [0.15, 0.2) is 0 Å². The van der Waals surface area contributed by atoms with Crippen molar-refractivity contribution in [3.63, 3.8) is 0 Å². The molecule has 0 radical (unpaired) electrons. The molecular weight excluding hydrogens is 487 g/mol. The highest BCUT2D eigenvalue weighted by atomic mass is 28.4. The SMILES string of the molecule is CN[Si](N)(CCC(F)(F)C(F)(F)C(F)(F)C(F)(F)C(F)(F)C(F)(F)C(F)(F)F)NC. The van der Waals surface area contributed by atoms with Crippen molar-refractivity contribution in [3.8, 4) is 0 Å². The summed E-state index contributed by atoms with van der Waals surface area (Å²) in [6.07, 6.45) is -10.1. The van der Waals surface area contributed by atoms with Gasteiger partial charge in [0.1, 0.15) is 0 Å². The third kappa shape index (κ3) is 4.21. The van der Waals surface area contributed by atoms with Crippen LogP contribution < -0.4 is 15.4 Å². The Labute approximate surface area is 159 Å². The lowest BCUT2D eigenvalue weighted by Crippen LogP contribution is -2.73. The summed E-state index contributed by atoms with van der Waals surface area (Å²) >= 11 is 0. The number of rotatable bonds is 10. The fourth-order valence-electron chi connectivity index (χ4n) is 1.89. The second kappa shape index (κ2) is 7.87. The van der Waals surface area contributed by atoms with E-state index < -0.39 is 62.7 Å². The van der Waals surface area contributed by atoms with E-state index in [4.69, 9.17) is 5.40 Å². The predicted octanol–water partition coefficient (Wildman–Crippen LogP) is 4.09. The zero-order valence-electron chi connectivity index (χ0n) is 14.7. The third-order valence-electron chi connectivity index (χ3n) is 4.12. The summed E-state index contributed by atoms with van der Waals surface area (Å²) in [6, 6.07) is -1.31. The first-order chi connectivity index (χ1) is 12.8. The van der Waals surface area contributed by atoms with Crippen LogP contribution in [0.25, 0.3) is 0 Å². The van der Waals surface area contributed by atoms with Gasteiger partial charge in [-0.15, -0.1) is 0 Å². The molecule has 0 unspecified atom stereocenters. The van der Waals surface area contributed by atoms with E-state index >= 15 is 0 Å². The molecule has 0 rings (SSSR count). The Balaban J connectivity index is 6.29. The van der Waals surface area contributed by atoms with Crippen LogP contribution in [-0.4, -0.2) is 64.4 Å². The molecule has 0 saturated heterocycles. The van der Waals surface area contributed by atoms with Crippen LogP contribution in [0, 0.1) is 0 Å². The summed E-state index contributed by atoms with van der Waals surface area (Å²) < 4.78 is 195. The second-order valence-electron chi connectivity index (χ2n) is 6.05. The Bertz CT molecular complexity index is 599. The highest BCUT2D eigenvalue weighted by Crippen LogP contribution is 2.62. The molecule has 0 aromatic heterocycles. The van der Waals surface area contributed by atoms with Gasteiger partial charge in [-0.1, -0.05) is 0 Å². The van der Waals surface area contributed by atoms with Gasteiger partial charge < -0.3 is 15.4 Å². The average Bonchev–Trinajstić information content (AvgIpc) is 2.57. The molecule has 0 atom stereocenters. The van der Waals surface area contributed by atoms with Gasteiger partial charge in [-0.05, 0) is 20.1 Å². The van der Waals surface area contributed by atoms with Gasteiger partial charge in [0.25, 0.3) is 8.56 Å². The Kier molecular flexibility index (Phi) is 7.62. The molecule has 0 bridgehead atoms. The van der Waals surface area contributed by atoms with Crippen LogP contribution in [0.5, 0.6) is 0 Å². The zero-order valence-corrected chi connectivity index (χ0v) is 15.7. The first kappa shape index (κ1) is 29.0. The van der Waals surface area contributed by atoms with Crippen LogP contribution in [0.4, 0.5) is 65.9 Å². The van der Waals surface area contributed by atoms with Gasteiger partial charge in [0.15, 0.2) is 0 Å². The van der Waals surface area contributed by atoms with Gasteiger partial charge in [0, 0.05) is 6.42 Å². The van der Waals surface area contributed by atoms with Crippen molar-refractivity contribution in [1.29, 1.82) is 0 Å². The van der Waals surface area contributed by atoms with Gasteiger partial charge in [-0.3, -0.25) is 0 Å². The molecule has 0 saturated carbocycles. The van der Waals surface area contributed by atoms with Gasteiger partial charge in [-0.25, -0.2) is 0 Å². The summed E-state index contributed by atoms with van der Waals surface area (Å²) in [5.74, 6) is -46.3. The Hall–Kier alpha value is -0.953. The predicted molar refractivity (Wildman–Crippen MR) is 73.2 cm³/mol. The van der Waals surface area contributed by atoms with Crippen LogP contribution in [0.3, 0.4) is 0 Å². The maximum Gasteiger partial charge on any atom is 0.460 e.